The van der Waals surface area contributed by atoms with E-state index in [1.165, 1.54) is 16.7 Å². The molecular weight excluding hydrogens is 301 g/mol. The summed E-state index contributed by atoms with van der Waals surface area (Å²) >= 11 is 12.3. The van der Waals surface area contributed by atoms with Gasteiger partial charge >= 0.3 is 0 Å². The minimum Gasteiger partial charge on any atom is -0.310 e. The molecule has 2 rings (SSSR count). The predicted molar refractivity (Wildman–Crippen MR) is 92.5 cm³/mol. The standard InChI is InChI=1S/C18H21Cl2N/c1-4-21-18(15-9-16(19)11-17(20)10-15)8-14-6-5-12(2)13(3)7-14/h5-7,9-11,18,21H,4,8H2,1-3H3. The monoisotopic (exact) mass is 321 g/mol. The fraction of sp³-hybridized carbons (Fsp3) is 0.333. The highest BCUT2D eigenvalue weighted by Gasteiger charge is 2.13. The average molecular weight is 322 g/mol. The molecule has 0 saturated carbocycles. The Labute approximate surface area is 137 Å². The Morgan fingerprint density at radius 2 is 1.62 bits per heavy atom. The van der Waals surface area contributed by atoms with E-state index in [4.69, 9.17) is 23.2 Å². The quantitative estimate of drug-likeness (QED) is 0.766. The first kappa shape index (κ1) is 16.4. The normalized spacial score (nSPS) is 12.4. The molecule has 112 valence electrons. The smallest absolute Gasteiger partial charge is 0.0424 e. The third-order valence-electron chi connectivity index (χ3n) is 3.75. The minimum atomic E-state index is 0.216. The number of rotatable bonds is 5. The van der Waals surface area contributed by atoms with E-state index >= 15 is 0 Å². The maximum atomic E-state index is 6.13. The summed E-state index contributed by atoms with van der Waals surface area (Å²) in [4.78, 5) is 0. The molecule has 0 aliphatic carbocycles. The number of halogens is 2. The van der Waals surface area contributed by atoms with Gasteiger partial charge in [-0.3, -0.25) is 0 Å². The number of hydrogen-bond acceptors (Lipinski definition) is 1. The van der Waals surface area contributed by atoms with Crippen LogP contribution in [0.1, 0.15) is 35.2 Å². The first-order valence-corrected chi connectivity index (χ1v) is 8.00. The van der Waals surface area contributed by atoms with E-state index in [9.17, 15) is 0 Å². The molecule has 1 atom stereocenters. The summed E-state index contributed by atoms with van der Waals surface area (Å²) in [6.07, 6.45) is 0.922. The lowest BCUT2D eigenvalue weighted by molar-refractivity contribution is 0.550. The van der Waals surface area contributed by atoms with Crippen molar-refractivity contribution in [2.24, 2.45) is 0 Å². The van der Waals surface area contributed by atoms with Gasteiger partial charge in [-0.25, -0.2) is 0 Å². The summed E-state index contributed by atoms with van der Waals surface area (Å²) in [6.45, 7) is 7.30. The largest absolute Gasteiger partial charge is 0.310 e. The van der Waals surface area contributed by atoms with Crippen molar-refractivity contribution in [1.29, 1.82) is 0 Å². The molecule has 0 fully saturated rings. The van der Waals surface area contributed by atoms with Gasteiger partial charge in [-0.05, 0) is 67.3 Å². The van der Waals surface area contributed by atoms with Crippen LogP contribution in [0.3, 0.4) is 0 Å². The molecular formula is C18H21Cl2N. The molecule has 0 amide bonds. The topological polar surface area (TPSA) is 12.0 Å². The van der Waals surface area contributed by atoms with Gasteiger partial charge < -0.3 is 5.32 Å². The molecule has 21 heavy (non-hydrogen) atoms. The summed E-state index contributed by atoms with van der Waals surface area (Å²) in [5.41, 5.74) is 5.10. The molecule has 3 heteroatoms. The van der Waals surface area contributed by atoms with Crippen LogP contribution >= 0.6 is 23.2 Å². The molecule has 1 unspecified atom stereocenters. The molecule has 0 heterocycles. The summed E-state index contributed by atoms with van der Waals surface area (Å²) in [6, 6.07) is 12.6. The Morgan fingerprint density at radius 1 is 0.952 bits per heavy atom. The molecule has 2 aromatic carbocycles. The average Bonchev–Trinajstić information content (AvgIpc) is 2.41. The van der Waals surface area contributed by atoms with Gasteiger partial charge in [0.15, 0.2) is 0 Å². The molecule has 0 radical (unpaired) electrons. The number of likely N-dealkylation sites (N-methyl/N-ethyl adjacent to an activating group) is 1. The summed E-state index contributed by atoms with van der Waals surface area (Å²) in [7, 11) is 0. The Balaban J connectivity index is 2.27. The number of aryl methyl sites for hydroxylation is 2. The van der Waals surface area contributed by atoms with Crippen LogP contribution in [0.5, 0.6) is 0 Å². The molecule has 0 aliphatic rings. The van der Waals surface area contributed by atoms with Crippen molar-refractivity contribution in [2.75, 3.05) is 6.54 Å². The van der Waals surface area contributed by atoms with Crippen LogP contribution in [-0.4, -0.2) is 6.54 Å². The molecule has 1 nitrogen and oxygen atoms in total. The van der Waals surface area contributed by atoms with Gasteiger partial charge in [0, 0.05) is 16.1 Å². The van der Waals surface area contributed by atoms with E-state index in [0.29, 0.717) is 10.0 Å². The van der Waals surface area contributed by atoms with Crippen LogP contribution in [0.4, 0.5) is 0 Å². The van der Waals surface area contributed by atoms with Gasteiger partial charge in [-0.2, -0.15) is 0 Å². The fourth-order valence-corrected chi connectivity index (χ4v) is 3.04. The van der Waals surface area contributed by atoms with Crippen LogP contribution in [0, 0.1) is 13.8 Å². The molecule has 1 N–H and O–H groups in total. The van der Waals surface area contributed by atoms with E-state index in [1.807, 2.05) is 12.1 Å². The fourth-order valence-electron chi connectivity index (χ4n) is 2.50. The SMILES string of the molecule is CCNC(Cc1ccc(C)c(C)c1)c1cc(Cl)cc(Cl)c1. The van der Waals surface area contributed by atoms with Crippen LogP contribution in [0.2, 0.25) is 10.0 Å². The molecule has 0 spiro atoms. The summed E-state index contributed by atoms with van der Waals surface area (Å²) in [5, 5.41) is 4.88. The predicted octanol–water partition coefficient (Wildman–Crippen LogP) is 5.50. The Morgan fingerprint density at radius 3 is 2.19 bits per heavy atom. The highest BCUT2D eigenvalue weighted by molar-refractivity contribution is 6.34. The highest BCUT2D eigenvalue weighted by Crippen LogP contribution is 2.26. The Hall–Kier alpha value is -1.02. The van der Waals surface area contributed by atoms with E-state index in [-0.39, 0.29) is 6.04 Å². The zero-order valence-corrected chi connectivity index (χ0v) is 14.2. The molecule has 0 aliphatic heterocycles. The second kappa shape index (κ2) is 7.31. The van der Waals surface area contributed by atoms with E-state index < -0.39 is 0 Å². The van der Waals surface area contributed by atoms with Crippen molar-refractivity contribution >= 4 is 23.2 Å². The van der Waals surface area contributed by atoms with Gasteiger partial charge in [0.2, 0.25) is 0 Å². The van der Waals surface area contributed by atoms with Crippen LogP contribution < -0.4 is 5.32 Å². The first-order valence-electron chi connectivity index (χ1n) is 7.25. The second-order valence-electron chi connectivity index (χ2n) is 5.44. The van der Waals surface area contributed by atoms with Crippen molar-refractivity contribution in [3.8, 4) is 0 Å². The maximum absolute atomic E-state index is 6.13. The van der Waals surface area contributed by atoms with Gasteiger partial charge in [0.1, 0.15) is 0 Å². The highest BCUT2D eigenvalue weighted by atomic mass is 35.5. The molecule has 0 bridgehead atoms. The van der Waals surface area contributed by atoms with Gasteiger partial charge in [0.25, 0.3) is 0 Å². The molecule has 0 saturated heterocycles. The van der Waals surface area contributed by atoms with Crippen LogP contribution in [-0.2, 0) is 6.42 Å². The van der Waals surface area contributed by atoms with Crippen LogP contribution in [0.15, 0.2) is 36.4 Å². The van der Waals surface area contributed by atoms with Crippen molar-refractivity contribution in [3.05, 3.63) is 68.7 Å². The van der Waals surface area contributed by atoms with Crippen molar-refractivity contribution in [1.82, 2.24) is 5.32 Å². The maximum Gasteiger partial charge on any atom is 0.0424 e. The number of nitrogens with one attached hydrogen (secondary N) is 1. The minimum absolute atomic E-state index is 0.216. The number of hydrogen-bond donors (Lipinski definition) is 1. The van der Waals surface area contributed by atoms with Crippen molar-refractivity contribution in [3.63, 3.8) is 0 Å². The molecule has 0 aromatic heterocycles. The van der Waals surface area contributed by atoms with Crippen molar-refractivity contribution < 1.29 is 0 Å². The van der Waals surface area contributed by atoms with E-state index in [2.05, 4.69) is 44.3 Å². The summed E-state index contributed by atoms with van der Waals surface area (Å²) < 4.78 is 0. The first-order chi connectivity index (χ1) is 9.99. The van der Waals surface area contributed by atoms with Crippen LogP contribution in [0.25, 0.3) is 0 Å². The second-order valence-corrected chi connectivity index (χ2v) is 6.31. The zero-order chi connectivity index (χ0) is 15.4. The van der Waals surface area contributed by atoms with E-state index in [1.54, 1.807) is 6.07 Å². The lowest BCUT2D eigenvalue weighted by atomic mass is 9.96. The zero-order valence-electron chi connectivity index (χ0n) is 12.7. The van der Waals surface area contributed by atoms with Gasteiger partial charge in [0.05, 0.1) is 0 Å². The lowest BCUT2D eigenvalue weighted by Crippen LogP contribution is -2.23. The van der Waals surface area contributed by atoms with E-state index in [0.717, 1.165) is 18.5 Å². The lowest BCUT2D eigenvalue weighted by Gasteiger charge is -2.20. The Kier molecular flexibility index (Phi) is 5.69. The third kappa shape index (κ3) is 4.47. The van der Waals surface area contributed by atoms with Gasteiger partial charge in [-0.15, -0.1) is 0 Å². The Bertz CT molecular complexity index is 602. The third-order valence-corrected chi connectivity index (χ3v) is 4.19. The summed E-state index contributed by atoms with van der Waals surface area (Å²) in [5.74, 6) is 0. The van der Waals surface area contributed by atoms with Crippen molar-refractivity contribution in [2.45, 2.75) is 33.2 Å². The molecule has 2 aromatic rings. The van der Waals surface area contributed by atoms with Gasteiger partial charge in [-0.1, -0.05) is 48.3 Å². The number of benzene rings is 2.